The molecule has 0 aromatic heterocycles. The van der Waals surface area contributed by atoms with Crippen LogP contribution in [0.25, 0.3) is 0 Å². The van der Waals surface area contributed by atoms with Gasteiger partial charge in [-0.05, 0) is 54.4 Å². The third kappa shape index (κ3) is 2.84. The van der Waals surface area contributed by atoms with Gasteiger partial charge < -0.3 is 16.4 Å². The van der Waals surface area contributed by atoms with Crippen molar-refractivity contribution in [3.05, 3.63) is 28.2 Å². The molecule has 1 fully saturated rings. The molecule has 18 heavy (non-hydrogen) atoms. The van der Waals surface area contributed by atoms with Gasteiger partial charge in [0.1, 0.15) is 0 Å². The molecule has 1 amide bonds. The van der Waals surface area contributed by atoms with E-state index in [1.807, 2.05) is 18.2 Å². The van der Waals surface area contributed by atoms with Gasteiger partial charge in [-0.1, -0.05) is 6.07 Å². The van der Waals surface area contributed by atoms with Gasteiger partial charge in [-0.3, -0.25) is 4.79 Å². The van der Waals surface area contributed by atoms with Gasteiger partial charge in [0.05, 0.1) is 5.56 Å². The lowest BCUT2D eigenvalue weighted by atomic mass is 9.99. The van der Waals surface area contributed by atoms with Crippen molar-refractivity contribution in [1.29, 1.82) is 0 Å². The van der Waals surface area contributed by atoms with Crippen molar-refractivity contribution in [1.82, 2.24) is 5.32 Å². The molecule has 1 saturated heterocycles. The minimum absolute atomic E-state index is 0.325. The highest BCUT2D eigenvalue weighted by atomic mass is 79.9. The number of amides is 1. The lowest BCUT2D eigenvalue weighted by Gasteiger charge is -2.32. The standard InChI is InChI=1S/C13H18BrN3O/c1-8-10(6-3-7-16-8)17-11-5-2-4-9(14)12(11)13(15)18/h2,4-5,8,10,16-17H,3,6-7H2,1H3,(H2,15,18). The Kier molecular flexibility index (Phi) is 4.24. The highest BCUT2D eigenvalue weighted by Gasteiger charge is 2.22. The maximum atomic E-state index is 11.5. The van der Waals surface area contributed by atoms with Gasteiger partial charge in [0.15, 0.2) is 0 Å². The predicted octanol–water partition coefficient (Wildman–Crippen LogP) is 2.10. The zero-order valence-electron chi connectivity index (χ0n) is 10.4. The Hall–Kier alpha value is -1.07. The first-order valence-electron chi connectivity index (χ1n) is 6.18. The van der Waals surface area contributed by atoms with Crippen LogP contribution in [0, 0.1) is 0 Å². The van der Waals surface area contributed by atoms with E-state index in [1.54, 1.807) is 0 Å². The number of piperidine rings is 1. The summed E-state index contributed by atoms with van der Waals surface area (Å²) in [4.78, 5) is 11.5. The molecule has 0 aliphatic carbocycles. The summed E-state index contributed by atoms with van der Waals surface area (Å²) in [5, 5.41) is 6.85. The first-order valence-corrected chi connectivity index (χ1v) is 6.97. The van der Waals surface area contributed by atoms with Crippen LogP contribution in [0.5, 0.6) is 0 Å². The van der Waals surface area contributed by atoms with E-state index in [4.69, 9.17) is 5.73 Å². The van der Waals surface area contributed by atoms with Crippen LogP contribution in [0.3, 0.4) is 0 Å². The van der Waals surface area contributed by atoms with E-state index in [9.17, 15) is 4.79 Å². The minimum atomic E-state index is -0.415. The molecule has 0 saturated carbocycles. The predicted molar refractivity (Wildman–Crippen MR) is 76.8 cm³/mol. The molecule has 4 nitrogen and oxygen atoms in total. The van der Waals surface area contributed by atoms with Gasteiger partial charge in [-0.15, -0.1) is 0 Å². The quantitative estimate of drug-likeness (QED) is 0.801. The van der Waals surface area contributed by atoms with Crippen molar-refractivity contribution in [2.75, 3.05) is 11.9 Å². The second-order valence-corrected chi connectivity index (χ2v) is 5.52. The fourth-order valence-corrected chi connectivity index (χ4v) is 2.90. The largest absolute Gasteiger partial charge is 0.380 e. The number of nitrogens with two attached hydrogens (primary N) is 1. The summed E-state index contributed by atoms with van der Waals surface area (Å²) in [5.41, 5.74) is 6.76. The van der Waals surface area contributed by atoms with E-state index in [0.29, 0.717) is 17.6 Å². The lowest BCUT2D eigenvalue weighted by Crippen LogP contribution is -2.46. The number of halogens is 1. The molecule has 98 valence electrons. The van der Waals surface area contributed by atoms with Crippen LogP contribution in [-0.4, -0.2) is 24.5 Å². The van der Waals surface area contributed by atoms with E-state index in [-0.39, 0.29) is 0 Å². The Labute approximate surface area is 115 Å². The normalized spacial score (nSPS) is 23.7. The van der Waals surface area contributed by atoms with E-state index >= 15 is 0 Å². The van der Waals surface area contributed by atoms with Crippen LogP contribution < -0.4 is 16.4 Å². The number of nitrogens with one attached hydrogen (secondary N) is 2. The monoisotopic (exact) mass is 311 g/mol. The number of benzene rings is 1. The summed E-state index contributed by atoms with van der Waals surface area (Å²) < 4.78 is 0.733. The number of hydrogen-bond acceptors (Lipinski definition) is 3. The van der Waals surface area contributed by atoms with Crippen molar-refractivity contribution in [2.24, 2.45) is 5.73 Å². The molecule has 2 unspecified atom stereocenters. The Morgan fingerprint density at radius 1 is 1.56 bits per heavy atom. The first kappa shape index (κ1) is 13.4. The molecule has 0 spiro atoms. The molecule has 2 atom stereocenters. The number of carbonyl (C=O) groups excluding carboxylic acids is 1. The number of hydrogen-bond donors (Lipinski definition) is 3. The van der Waals surface area contributed by atoms with E-state index in [2.05, 4.69) is 33.5 Å². The molecule has 1 aromatic carbocycles. The Morgan fingerprint density at radius 2 is 2.33 bits per heavy atom. The van der Waals surface area contributed by atoms with Crippen LogP contribution in [0.1, 0.15) is 30.1 Å². The molecule has 4 N–H and O–H groups in total. The van der Waals surface area contributed by atoms with Crippen molar-refractivity contribution in [2.45, 2.75) is 31.8 Å². The summed E-state index contributed by atoms with van der Waals surface area (Å²) in [6.07, 6.45) is 2.24. The molecule has 0 radical (unpaired) electrons. The average Bonchev–Trinajstić information content (AvgIpc) is 2.31. The van der Waals surface area contributed by atoms with E-state index < -0.39 is 5.91 Å². The smallest absolute Gasteiger partial charge is 0.251 e. The van der Waals surface area contributed by atoms with Gasteiger partial charge in [-0.25, -0.2) is 0 Å². The average molecular weight is 312 g/mol. The first-order chi connectivity index (χ1) is 8.59. The van der Waals surface area contributed by atoms with Crippen molar-refractivity contribution < 1.29 is 4.79 Å². The third-order valence-corrected chi connectivity index (χ3v) is 4.02. The maximum Gasteiger partial charge on any atom is 0.251 e. The summed E-state index contributed by atoms with van der Waals surface area (Å²) >= 11 is 3.37. The molecule has 1 aliphatic rings. The molecular weight excluding hydrogens is 294 g/mol. The summed E-state index contributed by atoms with van der Waals surface area (Å²) in [7, 11) is 0. The highest BCUT2D eigenvalue weighted by molar-refractivity contribution is 9.10. The van der Waals surface area contributed by atoms with Gasteiger partial charge in [-0.2, -0.15) is 0 Å². The van der Waals surface area contributed by atoms with Crippen molar-refractivity contribution in [3.63, 3.8) is 0 Å². The van der Waals surface area contributed by atoms with Gasteiger partial charge in [0.25, 0.3) is 5.91 Å². The molecular formula is C13H18BrN3O. The lowest BCUT2D eigenvalue weighted by molar-refractivity contribution is 0.1000. The van der Waals surface area contributed by atoms with Crippen LogP contribution in [0.15, 0.2) is 22.7 Å². The van der Waals surface area contributed by atoms with Crippen LogP contribution in [-0.2, 0) is 0 Å². The minimum Gasteiger partial charge on any atom is -0.380 e. The zero-order chi connectivity index (χ0) is 13.1. The molecule has 1 aromatic rings. The van der Waals surface area contributed by atoms with Crippen molar-refractivity contribution in [3.8, 4) is 0 Å². The van der Waals surface area contributed by atoms with Gasteiger partial charge >= 0.3 is 0 Å². The van der Waals surface area contributed by atoms with Crippen LogP contribution >= 0.6 is 15.9 Å². The van der Waals surface area contributed by atoms with Gasteiger partial charge in [0, 0.05) is 22.2 Å². The summed E-state index contributed by atoms with van der Waals surface area (Å²) in [6.45, 7) is 3.21. The fourth-order valence-electron chi connectivity index (χ4n) is 2.34. The SMILES string of the molecule is CC1NCCCC1Nc1cccc(Br)c1C(N)=O. The number of primary amides is 1. The van der Waals surface area contributed by atoms with Gasteiger partial charge in [0.2, 0.25) is 0 Å². The molecule has 1 heterocycles. The third-order valence-electron chi connectivity index (χ3n) is 3.36. The molecule has 1 aliphatic heterocycles. The highest BCUT2D eigenvalue weighted by Crippen LogP contribution is 2.26. The summed E-state index contributed by atoms with van der Waals surface area (Å²) in [6, 6.07) is 6.34. The number of rotatable bonds is 3. The van der Waals surface area contributed by atoms with E-state index in [0.717, 1.165) is 29.5 Å². The van der Waals surface area contributed by atoms with E-state index in [1.165, 1.54) is 0 Å². The zero-order valence-corrected chi connectivity index (χ0v) is 12.0. The number of anilines is 1. The Morgan fingerprint density at radius 3 is 3.00 bits per heavy atom. The van der Waals surface area contributed by atoms with Crippen LogP contribution in [0.4, 0.5) is 5.69 Å². The fraction of sp³-hybridized carbons (Fsp3) is 0.462. The maximum absolute atomic E-state index is 11.5. The number of carbonyl (C=O) groups is 1. The topological polar surface area (TPSA) is 67.2 Å². The Bertz CT molecular complexity index is 450. The Balaban J connectivity index is 2.23. The molecule has 5 heteroatoms. The van der Waals surface area contributed by atoms with Crippen molar-refractivity contribution >= 4 is 27.5 Å². The molecule has 0 bridgehead atoms. The van der Waals surface area contributed by atoms with Crippen LogP contribution in [0.2, 0.25) is 0 Å². The second-order valence-electron chi connectivity index (χ2n) is 4.66. The molecule has 2 rings (SSSR count). The second kappa shape index (κ2) is 5.71. The summed E-state index contributed by atoms with van der Waals surface area (Å²) in [5.74, 6) is -0.415.